The summed E-state index contributed by atoms with van der Waals surface area (Å²) in [5, 5.41) is 0. The number of hydrogen-bond donors (Lipinski definition) is 0. The Kier molecular flexibility index (Phi) is 5.45. The van der Waals surface area contributed by atoms with Gasteiger partial charge in [-0.05, 0) is 44.8 Å². The summed E-state index contributed by atoms with van der Waals surface area (Å²) in [6, 6.07) is 15.9. The Labute approximate surface area is 133 Å². The van der Waals surface area contributed by atoms with Crippen molar-refractivity contribution in [2.75, 3.05) is 20.6 Å². The topological polar surface area (TPSA) is 33.2 Å². The van der Waals surface area contributed by atoms with E-state index in [2.05, 4.69) is 9.88 Å². The van der Waals surface area contributed by atoms with Crippen molar-refractivity contribution < 1.29 is 4.79 Å². The molecule has 3 nitrogen and oxygen atoms in total. The molecule has 116 valence electrons. The standard InChI is InChI=1S/C19H24N2O/c1-4-18(22)19(13-15-21(2)3,16-10-6-5-7-11-16)17-12-8-9-14-20-17/h5-12,14H,4,13,15H2,1-3H3/t19-/m1/s1. The van der Waals surface area contributed by atoms with Crippen LogP contribution in [0.4, 0.5) is 0 Å². The fourth-order valence-corrected chi connectivity index (χ4v) is 2.89. The Balaban J connectivity index is 2.61. The zero-order valence-electron chi connectivity index (χ0n) is 13.6. The molecule has 22 heavy (non-hydrogen) atoms. The van der Waals surface area contributed by atoms with Crippen molar-refractivity contribution in [3.05, 3.63) is 66.0 Å². The number of carbonyl (C=O) groups excluding carboxylic acids is 1. The molecule has 0 unspecified atom stereocenters. The van der Waals surface area contributed by atoms with Crippen molar-refractivity contribution in [1.82, 2.24) is 9.88 Å². The Morgan fingerprint density at radius 3 is 2.32 bits per heavy atom. The normalized spacial score (nSPS) is 13.8. The Bertz CT molecular complexity index is 554. The summed E-state index contributed by atoms with van der Waals surface area (Å²) in [5.41, 5.74) is 1.21. The third kappa shape index (κ3) is 3.25. The van der Waals surface area contributed by atoms with Crippen LogP contribution in [0.15, 0.2) is 54.7 Å². The van der Waals surface area contributed by atoms with E-state index in [9.17, 15) is 4.79 Å². The fraction of sp³-hybridized carbons (Fsp3) is 0.368. The van der Waals surface area contributed by atoms with Crippen LogP contribution < -0.4 is 0 Å². The Morgan fingerprint density at radius 2 is 1.77 bits per heavy atom. The van der Waals surface area contributed by atoms with Crippen molar-refractivity contribution in [3.8, 4) is 0 Å². The van der Waals surface area contributed by atoms with Crippen LogP contribution in [0.25, 0.3) is 0 Å². The zero-order chi connectivity index (χ0) is 16.0. The zero-order valence-corrected chi connectivity index (χ0v) is 13.6. The summed E-state index contributed by atoms with van der Waals surface area (Å²) in [4.78, 5) is 19.6. The van der Waals surface area contributed by atoms with Gasteiger partial charge in [0.1, 0.15) is 5.78 Å². The van der Waals surface area contributed by atoms with E-state index in [1.807, 2.05) is 69.6 Å². The number of benzene rings is 1. The lowest BCUT2D eigenvalue weighted by Gasteiger charge is -2.33. The molecule has 0 aliphatic rings. The fourth-order valence-electron chi connectivity index (χ4n) is 2.89. The number of pyridine rings is 1. The van der Waals surface area contributed by atoms with Crippen LogP contribution in [0.3, 0.4) is 0 Å². The van der Waals surface area contributed by atoms with Gasteiger partial charge in [-0.25, -0.2) is 0 Å². The molecular weight excluding hydrogens is 272 g/mol. The van der Waals surface area contributed by atoms with Crippen LogP contribution in [0.2, 0.25) is 0 Å². The maximum atomic E-state index is 13.0. The molecule has 1 heterocycles. The van der Waals surface area contributed by atoms with E-state index in [1.165, 1.54) is 0 Å². The van der Waals surface area contributed by atoms with Gasteiger partial charge in [-0.1, -0.05) is 43.3 Å². The maximum absolute atomic E-state index is 13.0. The summed E-state index contributed by atoms with van der Waals surface area (Å²) in [5.74, 6) is 0.222. The van der Waals surface area contributed by atoms with E-state index in [1.54, 1.807) is 6.20 Å². The molecule has 1 atom stereocenters. The maximum Gasteiger partial charge on any atom is 0.149 e. The number of rotatable bonds is 7. The van der Waals surface area contributed by atoms with E-state index >= 15 is 0 Å². The molecule has 3 heteroatoms. The number of carbonyl (C=O) groups is 1. The van der Waals surface area contributed by atoms with Crippen LogP contribution in [-0.4, -0.2) is 36.3 Å². The smallest absolute Gasteiger partial charge is 0.149 e. The molecule has 1 aromatic carbocycles. The minimum atomic E-state index is -0.665. The molecule has 0 saturated carbocycles. The summed E-state index contributed by atoms with van der Waals surface area (Å²) in [7, 11) is 4.06. The Morgan fingerprint density at radius 1 is 1.09 bits per heavy atom. The molecule has 0 radical (unpaired) electrons. The lowest BCUT2D eigenvalue weighted by molar-refractivity contribution is -0.123. The third-order valence-corrected chi connectivity index (χ3v) is 4.10. The lowest BCUT2D eigenvalue weighted by atomic mass is 9.70. The van der Waals surface area contributed by atoms with E-state index in [-0.39, 0.29) is 5.78 Å². The average molecular weight is 296 g/mol. The van der Waals surface area contributed by atoms with Crippen molar-refractivity contribution in [2.45, 2.75) is 25.2 Å². The van der Waals surface area contributed by atoms with Gasteiger partial charge < -0.3 is 4.90 Å². The van der Waals surface area contributed by atoms with Crippen molar-refractivity contribution in [3.63, 3.8) is 0 Å². The molecule has 0 bridgehead atoms. The lowest BCUT2D eigenvalue weighted by Crippen LogP contribution is -2.40. The molecular formula is C19H24N2O. The monoisotopic (exact) mass is 296 g/mol. The highest BCUT2D eigenvalue weighted by molar-refractivity contribution is 5.93. The van der Waals surface area contributed by atoms with Gasteiger partial charge in [-0.15, -0.1) is 0 Å². The second-order valence-corrected chi connectivity index (χ2v) is 5.82. The molecule has 2 aromatic rings. The molecule has 0 fully saturated rings. The van der Waals surface area contributed by atoms with Crippen LogP contribution in [-0.2, 0) is 10.2 Å². The second-order valence-electron chi connectivity index (χ2n) is 5.82. The molecule has 0 aliphatic carbocycles. The molecule has 2 rings (SSSR count). The highest BCUT2D eigenvalue weighted by atomic mass is 16.1. The predicted molar refractivity (Wildman–Crippen MR) is 89.9 cm³/mol. The molecule has 0 spiro atoms. The predicted octanol–water partition coefficient (Wildman–Crippen LogP) is 3.30. The first kappa shape index (κ1) is 16.4. The van der Waals surface area contributed by atoms with E-state index in [0.29, 0.717) is 6.42 Å². The van der Waals surface area contributed by atoms with E-state index in [4.69, 9.17) is 0 Å². The van der Waals surface area contributed by atoms with Crippen LogP contribution >= 0.6 is 0 Å². The summed E-state index contributed by atoms with van der Waals surface area (Å²) in [6.07, 6.45) is 3.00. The highest BCUT2D eigenvalue weighted by Crippen LogP contribution is 2.36. The Hall–Kier alpha value is -2.00. The molecule has 0 amide bonds. The average Bonchev–Trinajstić information content (AvgIpc) is 2.57. The van der Waals surface area contributed by atoms with Gasteiger partial charge in [-0.2, -0.15) is 0 Å². The first-order valence-electron chi connectivity index (χ1n) is 7.76. The minimum absolute atomic E-state index is 0.222. The van der Waals surface area contributed by atoms with Crippen LogP contribution in [0.1, 0.15) is 31.0 Å². The van der Waals surface area contributed by atoms with Gasteiger partial charge in [0.2, 0.25) is 0 Å². The van der Waals surface area contributed by atoms with Gasteiger partial charge in [0.05, 0.1) is 11.1 Å². The van der Waals surface area contributed by atoms with Gasteiger partial charge in [0, 0.05) is 12.6 Å². The number of aromatic nitrogens is 1. The number of hydrogen-bond acceptors (Lipinski definition) is 3. The SMILES string of the molecule is CCC(=O)[C@](CCN(C)C)(c1ccccc1)c1ccccn1. The van der Waals surface area contributed by atoms with Gasteiger partial charge in [0.25, 0.3) is 0 Å². The number of nitrogens with zero attached hydrogens (tertiary/aromatic N) is 2. The number of ketones is 1. The quantitative estimate of drug-likeness (QED) is 0.786. The largest absolute Gasteiger partial charge is 0.309 e. The van der Waals surface area contributed by atoms with Crippen molar-refractivity contribution in [1.29, 1.82) is 0 Å². The highest BCUT2D eigenvalue weighted by Gasteiger charge is 2.41. The van der Waals surface area contributed by atoms with Crippen molar-refractivity contribution in [2.24, 2.45) is 0 Å². The van der Waals surface area contributed by atoms with Crippen molar-refractivity contribution >= 4 is 5.78 Å². The van der Waals surface area contributed by atoms with E-state index in [0.717, 1.165) is 24.2 Å². The van der Waals surface area contributed by atoms with Crippen LogP contribution in [0.5, 0.6) is 0 Å². The summed E-state index contributed by atoms with van der Waals surface area (Å²) >= 11 is 0. The van der Waals surface area contributed by atoms with Gasteiger partial charge in [-0.3, -0.25) is 9.78 Å². The number of Topliss-reactive ketones (excluding diaryl/α,β-unsaturated/α-hetero) is 1. The molecule has 0 saturated heterocycles. The van der Waals surface area contributed by atoms with Crippen LogP contribution in [0, 0.1) is 0 Å². The second kappa shape index (κ2) is 7.32. The first-order valence-corrected chi connectivity index (χ1v) is 7.76. The van der Waals surface area contributed by atoms with E-state index < -0.39 is 5.41 Å². The molecule has 0 aliphatic heterocycles. The summed E-state index contributed by atoms with van der Waals surface area (Å²) < 4.78 is 0. The van der Waals surface area contributed by atoms with Gasteiger partial charge >= 0.3 is 0 Å². The minimum Gasteiger partial charge on any atom is -0.309 e. The summed E-state index contributed by atoms with van der Waals surface area (Å²) in [6.45, 7) is 2.76. The molecule has 0 N–H and O–H groups in total. The van der Waals surface area contributed by atoms with Gasteiger partial charge in [0.15, 0.2) is 0 Å². The third-order valence-electron chi connectivity index (χ3n) is 4.10. The first-order chi connectivity index (χ1) is 10.6. The molecule has 1 aromatic heterocycles.